The minimum absolute atomic E-state index is 0.248. The van der Waals surface area contributed by atoms with Crippen molar-refractivity contribution < 1.29 is 14.6 Å². The number of benzene rings is 1. The molecule has 0 saturated heterocycles. The van der Waals surface area contributed by atoms with Crippen LogP contribution in [0, 0.1) is 5.92 Å². The maximum atomic E-state index is 10.9. The average molecular weight is 381 g/mol. The molecule has 0 bridgehead atoms. The monoisotopic (exact) mass is 381 g/mol. The number of carboxylic acids is 1. The SMILES string of the molecule is O=C(O)c1ccc(NCc2nc(OCC3CCCCC3)c3[nH]cnc3n2)cc1. The lowest BCUT2D eigenvalue weighted by molar-refractivity contribution is 0.0697. The van der Waals surface area contributed by atoms with Gasteiger partial charge in [0.25, 0.3) is 0 Å². The number of imidazole rings is 1. The topological polar surface area (TPSA) is 113 Å². The lowest BCUT2D eigenvalue weighted by atomic mass is 9.90. The maximum absolute atomic E-state index is 10.9. The number of H-pyrrole nitrogens is 1. The molecule has 8 nitrogen and oxygen atoms in total. The Balaban J connectivity index is 1.45. The van der Waals surface area contributed by atoms with Crippen molar-refractivity contribution in [1.82, 2.24) is 19.9 Å². The number of hydrogen-bond acceptors (Lipinski definition) is 6. The number of aromatic carboxylic acids is 1. The molecule has 0 radical (unpaired) electrons. The van der Waals surface area contributed by atoms with Crippen LogP contribution >= 0.6 is 0 Å². The summed E-state index contributed by atoms with van der Waals surface area (Å²) >= 11 is 0. The molecular formula is C20H23N5O3. The van der Waals surface area contributed by atoms with Gasteiger partial charge in [0.2, 0.25) is 5.88 Å². The summed E-state index contributed by atoms with van der Waals surface area (Å²) < 4.78 is 6.04. The molecule has 0 atom stereocenters. The van der Waals surface area contributed by atoms with Gasteiger partial charge in [-0.1, -0.05) is 19.3 Å². The van der Waals surface area contributed by atoms with Gasteiger partial charge in [-0.25, -0.2) is 14.8 Å². The molecule has 8 heteroatoms. The van der Waals surface area contributed by atoms with E-state index in [2.05, 4.69) is 25.3 Å². The molecule has 0 unspecified atom stereocenters. The van der Waals surface area contributed by atoms with Crippen LogP contribution in [0.15, 0.2) is 30.6 Å². The third kappa shape index (κ3) is 4.21. The van der Waals surface area contributed by atoms with Crippen molar-refractivity contribution in [2.45, 2.75) is 38.6 Å². The summed E-state index contributed by atoms with van der Waals surface area (Å²) in [5.74, 6) is 0.737. The number of nitrogens with zero attached hydrogens (tertiary/aromatic N) is 3. The summed E-state index contributed by atoms with van der Waals surface area (Å²) in [5.41, 5.74) is 2.33. The Bertz CT molecular complexity index is 948. The van der Waals surface area contributed by atoms with E-state index < -0.39 is 5.97 Å². The van der Waals surface area contributed by atoms with E-state index in [1.165, 1.54) is 32.1 Å². The molecule has 1 aliphatic carbocycles. The Kier molecular flexibility index (Phi) is 5.36. The predicted octanol–water partition coefficient (Wildman–Crippen LogP) is 3.62. The van der Waals surface area contributed by atoms with E-state index in [1.54, 1.807) is 30.6 Å². The largest absolute Gasteiger partial charge is 0.478 e. The quantitative estimate of drug-likeness (QED) is 0.573. The van der Waals surface area contributed by atoms with Crippen LogP contribution in [-0.4, -0.2) is 37.6 Å². The Labute approximate surface area is 162 Å². The van der Waals surface area contributed by atoms with Crippen LogP contribution in [0.1, 0.15) is 48.3 Å². The highest BCUT2D eigenvalue weighted by atomic mass is 16.5. The van der Waals surface area contributed by atoms with Gasteiger partial charge in [0.15, 0.2) is 11.5 Å². The summed E-state index contributed by atoms with van der Waals surface area (Å²) in [7, 11) is 0. The first-order chi connectivity index (χ1) is 13.7. The summed E-state index contributed by atoms with van der Waals surface area (Å²) in [6.45, 7) is 1.05. The molecule has 1 aliphatic rings. The number of nitrogens with one attached hydrogen (secondary N) is 2. The fourth-order valence-corrected chi connectivity index (χ4v) is 3.50. The van der Waals surface area contributed by atoms with Crippen LogP contribution in [0.25, 0.3) is 11.2 Å². The van der Waals surface area contributed by atoms with E-state index in [-0.39, 0.29) is 5.56 Å². The van der Waals surface area contributed by atoms with Crippen molar-refractivity contribution >= 4 is 22.8 Å². The molecule has 4 rings (SSSR count). The van der Waals surface area contributed by atoms with Crippen molar-refractivity contribution in [3.8, 4) is 5.88 Å². The van der Waals surface area contributed by atoms with Crippen LogP contribution in [0.5, 0.6) is 5.88 Å². The second-order valence-electron chi connectivity index (χ2n) is 7.10. The molecular weight excluding hydrogens is 358 g/mol. The van der Waals surface area contributed by atoms with Crippen LogP contribution < -0.4 is 10.1 Å². The van der Waals surface area contributed by atoms with Gasteiger partial charge >= 0.3 is 5.97 Å². The first-order valence-corrected chi connectivity index (χ1v) is 9.59. The number of aromatic nitrogens is 4. The van der Waals surface area contributed by atoms with E-state index in [1.807, 2.05) is 0 Å². The number of carboxylic acid groups (broad SMARTS) is 1. The highest BCUT2D eigenvalue weighted by molar-refractivity contribution is 5.88. The Morgan fingerprint density at radius 1 is 1.18 bits per heavy atom. The number of carbonyl (C=O) groups is 1. The van der Waals surface area contributed by atoms with Crippen LogP contribution in [0.2, 0.25) is 0 Å². The van der Waals surface area contributed by atoms with E-state index in [9.17, 15) is 4.79 Å². The molecule has 1 aromatic carbocycles. The summed E-state index contributed by atoms with van der Waals surface area (Å²) in [5, 5.41) is 12.2. The number of aromatic amines is 1. The summed E-state index contributed by atoms with van der Waals surface area (Å²) in [6, 6.07) is 6.55. The highest BCUT2D eigenvalue weighted by Gasteiger charge is 2.17. The number of ether oxygens (including phenoxy) is 1. The number of anilines is 1. The lowest BCUT2D eigenvalue weighted by Crippen LogP contribution is -2.16. The molecule has 3 aromatic rings. The van der Waals surface area contributed by atoms with Gasteiger partial charge in [-0.2, -0.15) is 4.98 Å². The standard InChI is InChI=1S/C20H23N5O3/c26-20(27)14-6-8-15(9-7-14)21-10-16-24-18-17(22-12-23-18)19(25-16)28-11-13-4-2-1-3-5-13/h6-9,12-13,21H,1-5,10-11H2,(H,26,27)(H,22,23,24,25). The molecule has 0 aliphatic heterocycles. The smallest absolute Gasteiger partial charge is 0.335 e. The second-order valence-corrected chi connectivity index (χ2v) is 7.10. The number of rotatable bonds is 7. The zero-order chi connectivity index (χ0) is 19.3. The summed E-state index contributed by atoms with van der Waals surface area (Å²) in [4.78, 5) is 27.3. The number of fused-ring (bicyclic) bond motifs is 1. The van der Waals surface area contributed by atoms with Crippen molar-refractivity contribution in [2.75, 3.05) is 11.9 Å². The van der Waals surface area contributed by atoms with E-state index in [0.717, 1.165) is 5.69 Å². The summed E-state index contributed by atoms with van der Waals surface area (Å²) in [6.07, 6.45) is 7.86. The fourth-order valence-electron chi connectivity index (χ4n) is 3.50. The van der Waals surface area contributed by atoms with Gasteiger partial charge in [-0.15, -0.1) is 0 Å². The minimum atomic E-state index is -0.946. The van der Waals surface area contributed by atoms with Crippen LogP contribution in [-0.2, 0) is 6.54 Å². The Morgan fingerprint density at radius 3 is 2.71 bits per heavy atom. The van der Waals surface area contributed by atoms with Gasteiger partial charge in [0, 0.05) is 5.69 Å². The molecule has 2 aromatic heterocycles. The van der Waals surface area contributed by atoms with Gasteiger partial charge < -0.3 is 20.1 Å². The van der Waals surface area contributed by atoms with E-state index in [0.29, 0.717) is 41.9 Å². The first kappa shape index (κ1) is 18.2. The zero-order valence-corrected chi connectivity index (χ0v) is 15.5. The van der Waals surface area contributed by atoms with Crippen molar-refractivity contribution in [3.05, 3.63) is 42.0 Å². The van der Waals surface area contributed by atoms with Crippen LogP contribution in [0.4, 0.5) is 5.69 Å². The minimum Gasteiger partial charge on any atom is -0.478 e. The molecule has 146 valence electrons. The van der Waals surface area contributed by atoms with E-state index in [4.69, 9.17) is 9.84 Å². The molecule has 28 heavy (non-hydrogen) atoms. The van der Waals surface area contributed by atoms with Crippen LogP contribution in [0.3, 0.4) is 0 Å². The van der Waals surface area contributed by atoms with Gasteiger partial charge in [-0.3, -0.25) is 0 Å². The number of hydrogen-bond donors (Lipinski definition) is 3. The third-order valence-corrected chi connectivity index (χ3v) is 5.06. The third-order valence-electron chi connectivity index (χ3n) is 5.06. The predicted molar refractivity (Wildman–Crippen MR) is 104 cm³/mol. The zero-order valence-electron chi connectivity index (χ0n) is 15.5. The first-order valence-electron chi connectivity index (χ1n) is 9.59. The van der Waals surface area contributed by atoms with E-state index >= 15 is 0 Å². The lowest BCUT2D eigenvalue weighted by Gasteiger charge is -2.21. The highest BCUT2D eigenvalue weighted by Crippen LogP contribution is 2.26. The molecule has 1 saturated carbocycles. The van der Waals surface area contributed by atoms with Crippen molar-refractivity contribution in [1.29, 1.82) is 0 Å². The normalized spacial score (nSPS) is 14.9. The van der Waals surface area contributed by atoms with Crippen molar-refractivity contribution in [2.24, 2.45) is 5.92 Å². The fraction of sp³-hybridized carbons (Fsp3) is 0.400. The second kappa shape index (κ2) is 8.24. The van der Waals surface area contributed by atoms with Crippen molar-refractivity contribution in [3.63, 3.8) is 0 Å². The van der Waals surface area contributed by atoms with Gasteiger partial charge in [0.1, 0.15) is 5.52 Å². The molecule has 0 spiro atoms. The maximum Gasteiger partial charge on any atom is 0.335 e. The molecule has 2 heterocycles. The molecule has 0 amide bonds. The molecule has 1 fully saturated rings. The van der Waals surface area contributed by atoms with Gasteiger partial charge in [0.05, 0.1) is 25.0 Å². The Morgan fingerprint density at radius 2 is 1.96 bits per heavy atom. The Hall–Kier alpha value is -3.16. The average Bonchev–Trinajstić information content (AvgIpc) is 3.20. The molecule has 3 N–H and O–H groups in total. The van der Waals surface area contributed by atoms with Gasteiger partial charge in [-0.05, 0) is 43.0 Å².